The predicted molar refractivity (Wildman–Crippen MR) is 82.9 cm³/mol. The summed E-state index contributed by atoms with van der Waals surface area (Å²) in [6.07, 6.45) is 2.10. The van der Waals surface area contributed by atoms with E-state index < -0.39 is 4.92 Å². The Morgan fingerprint density at radius 1 is 1.15 bits per heavy atom. The van der Waals surface area contributed by atoms with Gasteiger partial charge in [0.25, 0.3) is 5.69 Å². The Bertz CT molecular complexity index is 381. The number of unbranched alkanes of at least 4 members (excludes halogenated alkanes) is 1. The third kappa shape index (κ3) is 6.73. The lowest BCUT2D eigenvalue weighted by Gasteiger charge is -2.17. The summed E-state index contributed by atoms with van der Waals surface area (Å²) in [4.78, 5) is 12.5. The molecule has 0 unspecified atom stereocenters. The first-order chi connectivity index (χ1) is 9.17. The van der Waals surface area contributed by atoms with E-state index >= 15 is 0 Å². The van der Waals surface area contributed by atoms with Crippen molar-refractivity contribution >= 4 is 18.1 Å². The van der Waals surface area contributed by atoms with E-state index in [-0.39, 0.29) is 18.1 Å². The monoisotopic (exact) mass is 302 g/mol. The summed E-state index contributed by atoms with van der Waals surface area (Å²) in [7, 11) is 0. The zero-order valence-electron chi connectivity index (χ0n) is 12.1. The fourth-order valence-corrected chi connectivity index (χ4v) is 1.83. The molecule has 0 radical (unpaired) electrons. The first-order valence-corrected chi connectivity index (χ1v) is 6.77. The zero-order valence-corrected chi connectivity index (χ0v) is 12.9. The lowest BCUT2D eigenvalue weighted by Crippen LogP contribution is -2.24. The van der Waals surface area contributed by atoms with Crippen LogP contribution in [0.5, 0.6) is 5.75 Å². The van der Waals surface area contributed by atoms with Crippen molar-refractivity contribution in [2.45, 2.75) is 26.7 Å². The van der Waals surface area contributed by atoms with Gasteiger partial charge in [-0.15, -0.1) is 12.4 Å². The van der Waals surface area contributed by atoms with Gasteiger partial charge in [0.1, 0.15) is 5.75 Å². The highest BCUT2D eigenvalue weighted by Crippen LogP contribution is 2.17. The maximum absolute atomic E-state index is 10.5. The van der Waals surface area contributed by atoms with Gasteiger partial charge in [-0.3, -0.25) is 10.1 Å². The van der Waals surface area contributed by atoms with E-state index in [1.165, 1.54) is 12.1 Å². The summed E-state index contributed by atoms with van der Waals surface area (Å²) in [5.41, 5.74) is 0.0916. The first kappa shape index (κ1) is 18.7. The van der Waals surface area contributed by atoms with Gasteiger partial charge in [0, 0.05) is 12.1 Å². The van der Waals surface area contributed by atoms with Crippen molar-refractivity contribution in [3.05, 3.63) is 34.4 Å². The van der Waals surface area contributed by atoms with E-state index in [1.807, 2.05) is 0 Å². The summed E-state index contributed by atoms with van der Waals surface area (Å²) in [5, 5.41) is 10.5. The van der Waals surface area contributed by atoms with Crippen LogP contribution in [0.3, 0.4) is 0 Å². The normalized spacial score (nSPS) is 10.2. The number of hydrogen-bond acceptors (Lipinski definition) is 4. The fraction of sp³-hybridized carbons (Fsp3) is 0.571. The topological polar surface area (TPSA) is 55.6 Å². The highest BCUT2D eigenvalue weighted by molar-refractivity contribution is 5.85. The Hall–Kier alpha value is -1.33. The molecular formula is C14H23ClN2O3. The largest absolute Gasteiger partial charge is 0.494 e. The van der Waals surface area contributed by atoms with Crippen molar-refractivity contribution in [2.24, 2.45) is 0 Å². The van der Waals surface area contributed by atoms with Gasteiger partial charge in [-0.25, -0.2) is 0 Å². The SMILES string of the molecule is CCN(CC)CCCCOc1ccc([N+](=O)[O-])cc1.Cl. The second-order valence-electron chi connectivity index (χ2n) is 4.33. The number of non-ortho nitro benzene ring substituents is 1. The molecule has 1 aromatic rings. The molecule has 6 heteroatoms. The van der Waals surface area contributed by atoms with Crippen LogP contribution in [-0.2, 0) is 0 Å². The van der Waals surface area contributed by atoms with E-state index in [4.69, 9.17) is 4.74 Å². The molecule has 1 rings (SSSR count). The zero-order chi connectivity index (χ0) is 14.1. The summed E-state index contributed by atoms with van der Waals surface area (Å²) in [6, 6.07) is 6.21. The van der Waals surface area contributed by atoms with Gasteiger partial charge in [-0.2, -0.15) is 0 Å². The number of nitrogens with zero attached hydrogens (tertiary/aromatic N) is 2. The van der Waals surface area contributed by atoms with Crippen LogP contribution in [0.4, 0.5) is 5.69 Å². The van der Waals surface area contributed by atoms with E-state index in [0.29, 0.717) is 12.4 Å². The fourth-order valence-electron chi connectivity index (χ4n) is 1.83. The smallest absolute Gasteiger partial charge is 0.269 e. The number of halogens is 1. The lowest BCUT2D eigenvalue weighted by molar-refractivity contribution is -0.384. The highest BCUT2D eigenvalue weighted by atomic mass is 35.5. The first-order valence-electron chi connectivity index (χ1n) is 6.77. The third-order valence-corrected chi connectivity index (χ3v) is 3.08. The van der Waals surface area contributed by atoms with Gasteiger partial charge < -0.3 is 9.64 Å². The van der Waals surface area contributed by atoms with Gasteiger partial charge in [0.05, 0.1) is 11.5 Å². The molecule has 0 amide bonds. The Kier molecular flexibility index (Phi) is 9.76. The van der Waals surface area contributed by atoms with Gasteiger partial charge >= 0.3 is 0 Å². The van der Waals surface area contributed by atoms with Crippen molar-refractivity contribution < 1.29 is 9.66 Å². The van der Waals surface area contributed by atoms with Crippen LogP contribution in [0.25, 0.3) is 0 Å². The summed E-state index contributed by atoms with van der Waals surface area (Å²) < 4.78 is 5.55. The molecule has 0 saturated heterocycles. The minimum absolute atomic E-state index is 0. The molecule has 0 aliphatic rings. The summed E-state index contributed by atoms with van der Waals surface area (Å²) in [5.74, 6) is 0.688. The molecule has 0 atom stereocenters. The number of hydrogen-bond donors (Lipinski definition) is 0. The van der Waals surface area contributed by atoms with Crippen LogP contribution in [0.1, 0.15) is 26.7 Å². The third-order valence-electron chi connectivity index (χ3n) is 3.08. The van der Waals surface area contributed by atoms with Gasteiger partial charge in [-0.1, -0.05) is 13.8 Å². The van der Waals surface area contributed by atoms with Gasteiger partial charge in [0.2, 0.25) is 0 Å². The number of rotatable bonds is 9. The molecule has 0 N–H and O–H groups in total. The summed E-state index contributed by atoms with van der Waals surface area (Å²) >= 11 is 0. The molecule has 0 aliphatic heterocycles. The Labute approximate surface area is 126 Å². The second kappa shape index (κ2) is 10.5. The minimum atomic E-state index is -0.409. The van der Waals surface area contributed by atoms with Crippen LogP contribution in [0, 0.1) is 10.1 Å². The molecule has 1 aromatic carbocycles. The van der Waals surface area contributed by atoms with Crippen LogP contribution in [0.2, 0.25) is 0 Å². The molecule has 20 heavy (non-hydrogen) atoms. The molecule has 0 fully saturated rings. The molecule has 0 saturated carbocycles. The van der Waals surface area contributed by atoms with Gasteiger partial charge in [0.15, 0.2) is 0 Å². The molecular weight excluding hydrogens is 280 g/mol. The quantitative estimate of drug-likeness (QED) is 0.398. The molecule has 0 aliphatic carbocycles. The van der Waals surface area contributed by atoms with Crippen LogP contribution in [-0.4, -0.2) is 36.1 Å². The maximum atomic E-state index is 10.5. The Balaban J connectivity index is 0.00000361. The molecule has 5 nitrogen and oxygen atoms in total. The van der Waals surface area contributed by atoms with Crippen molar-refractivity contribution in [1.82, 2.24) is 4.90 Å². The van der Waals surface area contributed by atoms with E-state index in [2.05, 4.69) is 18.7 Å². The molecule has 0 aromatic heterocycles. The van der Waals surface area contributed by atoms with Crippen molar-refractivity contribution in [2.75, 3.05) is 26.2 Å². The average Bonchev–Trinajstić information content (AvgIpc) is 2.43. The van der Waals surface area contributed by atoms with Crippen molar-refractivity contribution in [3.63, 3.8) is 0 Å². The van der Waals surface area contributed by atoms with E-state index in [9.17, 15) is 10.1 Å². The molecule has 0 heterocycles. The molecule has 0 spiro atoms. The Morgan fingerprint density at radius 2 is 1.75 bits per heavy atom. The predicted octanol–water partition coefficient (Wildman–Crippen LogP) is 3.52. The average molecular weight is 303 g/mol. The highest BCUT2D eigenvalue weighted by Gasteiger charge is 2.04. The number of nitro benzene ring substituents is 1. The Morgan fingerprint density at radius 3 is 2.25 bits per heavy atom. The van der Waals surface area contributed by atoms with Crippen molar-refractivity contribution in [1.29, 1.82) is 0 Å². The van der Waals surface area contributed by atoms with Crippen molar-refractivity contribution in [3.8, 4) is 5.75 Å². The standard InChI is InChI=1S/C14H22N2O3.ClH/c1-3-15(4-2)11-5-6-12-19-14-9-7-13(8-10-14)16(17)18;/h7-10H,3-6,11-12H2,1-2H3;1H. The van der Waals surface area contributed by atoms with E-state index in [0.717, 1.165) is 32.5 Å². The van der Waals surface area contributed by atoms with Crippen LogP contribution in [0.15, 0.2) is 24.3 Å². The molecule has 0 bridgehead atoms. The number of nitro groups is 1. The van der Waals surface area contributed by atoms with Crippen LogP contribution >= 0.6 is 12.4 Å². The molecule has 114 valence electrons. The lowest BCUT2D eigenvalue weighted by atomic mass is 10.3. The second-order valence-corrected chi connectivity index (χ2v) is 4.33. The summed E-state index contributed by atoms with van der Waals surface area (Å²) in [6.45, 7) is 8.24. The maximum Gasteiger partial charge on any atom is 0.269 e. The number of benzene rings is 1. The van der Waals surface area contributed by atoms with Crippen LogP contribution < -0.4 is 4.74 Å². The van der Waals surface area contributed by atoms with E-state index in [1.54, 1.807) is 12.1 Å². The van der Waals surface area contributed by atoms with Gasteiger partial charge in [-0.05, 0) is 44.6 Å². The minimum Gasteiger partial charge on any atom is -0.494 e. The number of ether oxygens (including phenoxy) is 1.